The van der Waals surface area contributed by atoms with Crippen LogP contribution >= 0.6 is 15.9 Å². The molecular formula is C19H17BrFN3O. The van der Waals surface area contributed by atoms with E-state index in [0.717, 1.165) is 22.9 Å². The Morgan fingerprint density at radius 3 is 2.56 bits per heavy atom. The summed E-state index contributed by atoms with van der Waals surface area (Å²) in [5, 5.41) is 14.9. The quantitative estimate of drug-likeness (QED) is 0.724. The van der Waals surface area contributed by atoms with Crippen LogP contribution in [0.25, 0.3) is 0 Å². The third-order valence-corrected chi connectivity index (χ3v) is 4.96. The fourth-order valence-electron chi connectivity index (χ4n) is 2.87. The van der Waals surface area contributed by atoms with Crippen LogP contribution < -0.4 is 10.6 Å². The molecule has 2 N–H and O–H groups in total. The van der Waals surface area contributed by atoms with Gasteiger partial charge in [0.15, 0.2) is 0 Å². The van der Waals surface area contributed by atoms with E-state index in [9.17, 15) is 9.18 Å². The second-order valence-electron chi connectivity index (χ2n) is 6.05. The zero-order chi connectivity index (χ0) is 17.9. The molecule has 1 amide bonds. The summed E-state index contributed by atoms with van der Waals surface area (Å²) >= 11 is 3.40. The van der Waals surface area contributed by atoms with E-state index < -0.39 is 11.2 Å². The van der Waals surface area contributed by atoms with Crippen LogP contribution in [0.5, 0.6) is 0 Å². The standard InChI is InChI=1S/C19H17BrFN3O/c20-14-6-4-13(5-7-14)19(8-9-19)18(25)24-11-10-23-17-3-1-2-16(21)15(17)12-22/h1-7,23H,8-11H2,(H,24,25). The number of amides is 1. The Morgan fingerprint density at radius 2 is 1.92 bits per heavy atom. The summed E-state index contributed by atoms with van der Waals surface area (Å²) < 4.78 is 14.5. The largest absolute Gasteiger partial charge is 0.382 e. The van der Waals surface area contributed by atoms with Gasteiger partial charge in [0, 0.05) is 17.6 Å². The summed E-state index contributed by atoms with van der Waals surface area (Å²) in [5.41, 5.74) is 1.03. The van der Waals surface area contributed by atoms with Gasteiger partial charge in [0.05, 0.1) is 11.1 Å². The fraction of sp³-hybridized carbons (Fsp3) is 0.263. The van der Waals surface area contributed by atoms with Crippen LogP contribution in [0.4, 0.5) is 10.1 Å². The highest BCUT2D eigenvalue weighted by Gasteiger charge is 2.50. The van der Waals surface area contributed by atoms with Crippen molar-refractivity contribution in [1.82, 2.24) is 5.32 Å². The molecule has 1 aliphatic carbocycles. The van der Waals surface area contributed by atoms with Crippen molar-refractivity contribution in [2.45, 2.75) is 18.3 Å². The first-order chi connectivity index (χ1) is 12.1. The van der Waals surface area contributed by atoms with Gasteiger partial charge in [-0.15, -0.1) is 0 Å². The predicted octanol–water partition coefficient (Wildman–Crippen LogP) is 3.72. The zero-order valence-corrected chi connectivity index (χ0v) is 15.1. The summed E-state index contributed by atoms with van der Waals surface area (Å²) in [6.07, 6.45) is 1.69. The highest BCUT2D eigenvalue weighted by Crippen LogP contribution is 2.48. The number of hydrogen-bond donors (Lipinski definition) is 2. The molecule has 0 aromatic heterocycles. The molecule has 3 rings (SSSR count). The average Bonchev–Trinajstić information content (AvgIpc) is 3.41. The maximum atomic E-state index is 13.5. The van der Waals surface area contributed by atoms with Crippen molar-refractivity contribution in [3.63, 3.8) is 0 Å². The molecule has 25 heavy (non-hydrogen) atoms. The van der Waals surface area contributed by atoms with Crippen LogP contribution in [0.2, 0.25) is 0 Å². The van der Waals surface area contributed by atoms with Crippen molar-refractivity contribution in [2.24, 2.45) is 0 Å². The summed E-state index contributed by atoms with van der Waals surface area (Å²) in [7, 11) is 0. The molecule has 0 saturated heterocycles. The van der Waals surface area contributed by atoms with Gasteiger partial charge in [-0.2, -0.15) is 5.26 Å². The molecule has 0 radical (unpaired) electrons. The molecule has 0 unspecified atom stereocenters. The molecule has 1 saturated carbocycles. The number of rotatable bonds is 6. The third-order valence-electron chi connectivity index (χ3n) is 4.43. The van der Waals surface area contributed by atoms with Gasteiger partial charge in [0.25, 0.3) is 0 Å². The zero-order valence-electron chi connectivity index (χ0n) is 13.5. The minimum absolute atomic E-state index is 0.0105. The van der Waals surface area contributed by atoms with Crippen LogP contribution in [0.15, 0.2) is 46.9 Å². The number of nitriles is 1. The van der Waals surface area contributed by atoms with Crippen LogP contribution in [-0.2, 0) is 10.2 Å². The Bertz CT molecular complexity index is 826. The molecule has 1 aliphatic rings. The smallest absolute Gasteiger partial charge is 0.230 e. The van der Waals surface area contributed by atoms with Gasteiger partial charge in [-0.3, -0.25) is 4.79 Å². The van der Waals surface area contributed by atoms with E-state index in [4.69, 9.17) is 5.26 Å². The van der Waals surface area contributed by atoms with Crippen molar-refractivity contribution < 1.29 is 9.18 Å². The van der Waals surface area contributed by atoms with E-state index in [1.807, 2.05) is 30.3 Å². The summed E-state index contributed by atoms with van der Waals surface area (Å²) in [5.74, 6) is -0.542. The Hall–Kier alpha value is -2.39. The Morgan fingerprint density at radius 1 is 1.20 bits per heavy atom. The van der Waals surface area contributed by atoms with E-state index in [1.54, 1.807) is 12.1 Å². The van der Waals surface area contributed by atoms with Crippen molar-refractivity contribution in [3.8, 4) is 6.07 Å². The topological polar surface area (TPSA) is 64.9 Å². The van der Waals surface area contributed by atoms with E-state index >= 15 is 0 Å². The lowest BCUT2D eigenvalue weighted by molar-refractivity contribution is -0.123. The first-order valence-corrected chi connectivity index (χ1v) is 8.83. The molecule has 128 valence electrons. The van der Waals surface area contributed by atoms with E-state index in [1.165, 1.54) is 6.07 Å². The molecule has 0 atom stereocenters. The lowest BCUT2D eigenvalue weighted by Crippen LogP contribution is -2.37. The van der Waals surface area contributed by atoms with Crippen LogP contribution in [0.1, 0.15) is 24.0 Å². The highest BCUT2D eigenvalue weighted by molar-refractivity contribution is 9.10. The summed E-state index contributed by atoms with van der Waals surface area (Å²) in [4.78, 5) is 12.5. The SMILES string of the molecule is N#Cc1c(F)cccc1NCCNC(=O)C1(c2ccc(Br)cc2)CC1. The Kier molecular flexibility index (Phi) is 5.05. The lowest BCUT2D eigenvalue weighted by Gasteiger charge is -2.16. The number of halogens is 2. The Labute approximate surface area is 154 Å². The van der Waals surface area contributed by atoms with Gasteiger partial charge >= 0.3 is 0 Å². The predicted molar refractivity (Wildman–Crippen MR) is 97.7 cm³/mol. The minimum atomic E-state index is -0.552. The number of carbonyl (C=O) groups is 1. The molecule has 0 heterocycles. The molecule has 2 aromatic carbocycles. The van der Waals surface area contributed by atoms with E-state index in [0.29, 0.717) is 18.8 Å². The molecule has 1 fully saturated rings. The van der Waals surface area contributed by atoms with Gasteiger partial charge in [0.1, 0.15) is 17.4 Å². The van der Waals surface area contributed by atoms with Gasteiger partial charge in [0.2, 0.25) is 5.91 Å². The summed E-state index contributed by atoms with van der Waals surface area (Å²) in [6, 6.07) is 14.1. The van der Waals surface area contributed by atoms with Gasteiger partial charge < -0.3 is 10.6 Å². The summed E-state index contributed by atoms with van der Waals surface area (Å²) in [6.45, 7) is 0.818. The third kappa shape index (κ3) is 3.67. The van der Waals surface area contributed by atoms with E-state index in [2.05, 4.69) is 26.6 Å². The first kappa shape index (κ1) is 17.4. The van der Waals surface area contributed by atoms with Crippen molar-refractivity contribution in [1.29, 1.82) is 5.26 Å². The van der Waals surface area contributed by atoms with Crippen LogP contribution in [0, 0.1) is 17.1 Å². The van der Waals surface area contributed by atoms with Crippen molar-refractivity contribution in [3.05, 3.63) is 63.9 Å². The molecule has 6 heteroatoms. The van der Waals surface area contributed by atoms with Gasteiger partial charge in [-0.05, 0) is 42.7 Å². The lowest BCUT2D eigenvalue weighted by atomic mass is 9.95. The highest BCUT2D eigenvalue weighted by atomic mass is 79.9. The molecule has 2 aromatic rings. The maximum absolute atomic E-state index is 13.5. The van der Waals surface area contributed by atoms with Crippen molar-refractivity contribution in [2.75, 3.05) is 18.4 Å². The number of benzene rings is 2. The number of anilines is 1. The second-order valence-corrected chi connectivity index (χ2v) is 6.96. The Balaban J connectivity index is 1.55. The fourth-order valence-corrected chi connectivity index (χ4v) is 3.13. The molecule has 4 nitrogen and oxygen atoms in total. The number of carbonyl (C=O) groups excluding carboxylic acids is 1. The molecule has 0 spiro atoms. The van der Waals surface area contributed by atoms with Gasteiger partial charge in [-0.1, -0.05) is 34.1 Å². The molecule has 0 bridgehead atoms. The maximum Gasteiger partial charge on any atom is 0.230 e. The number of hydrogen-bond acceptors (Lipinski definition) is 3. The monoisotopic (exact) mass is 401 g/mol. The average molecular weight is 402 g/mol. The minimum Gasteiger partial charge on any atom is -0.382 e. The van der Waals surface area contributed by atoms with E-state index in [-0.39, 0.29) is 11.5 Å². The van der Waals surface area contributed by atoms with Crippen LogP contribution in [0.3, 0.4) is 0 Å². The normalized spacial score (nSPS) is 14.4. The van der Waals surface area contributed by atoms with Crippen LogP contribution in [-0.4, -0.2) is 19.0 Å². The number of nitrogens with zero attached hydrogens (tertiary/aromatic N) is 1. The molecular weight excluding hydrogens is 385 g/mol. The van der Waals surface area contributed by atoms with Gasteiger partial charge in [-0.25, -0.2) is 4.39 Å². The molecule has 0 aliphatic heterocycles. The number of nitrogens with one attached hydrogen (secondary N) is 2. The first-order valence-electron chi connectivity index (χ1n) is 8.04. The second kappa shape index (κ2) is 7.24. The van der Waals surface area contributed by atoms with Crippen molar-refractivity contribution >= 4 is 27.5 Å².